The normalized spacial score (nSPS) is 22.7. The summed E-state index contributed by atoms with van der Waals surface area (Å²) in [5.74, 6) is -0.0534. The molecule has 1 aromatic rings. The summed E-state index contributed by atoms with van der Waals surface area (Å²) in [6.07, 6.45) is 6.21. The predicted molar refractivity (Wildman–Crippen MR) is 107 cm³/mol. The molecule has 1 aliphatic rings. The van der Waals surface area contributed by atoms with Crippen molar-refractivity contribution in [2.24, 2.45) is 7.05 Å². The molecule has 1 aliphatic heterocycles. The summed E-state index contributed by atoms with van der Waals surface area (Å²) < 4.78 is 18.7. The summed E-state index contributed by atoms with van der Waals surface area (Å²) in [6, 6.07) is 0. The summed E-state index contributed by atoms with van der Waals surface area (Å²) in [5.41, 5.74) is 1.57. The van der Waals surface area contributed by atoms with Crippen LogP contribution in [0.15, 0.2) is 6.08 Å². The first kappa shape index (κ1) is 22.6. The molecule has 0 spiro atoms. The van der Waals surface area contributed by atoms with Crippen molar-refractivity contribution in [2.45, 2.75) is 83.9 Å². The van der Waals surface area contributed by atoms with Crippen molar-refractivity contribution in [3.05, 3.63) is 23.3 Å². The van der Waals surface area contributed by atoms with Crippen molar-refractivity contribution < 1.29 is 24.1 Å². The molecule has 2 rings (SSSR count). The number of methoxy groups -OCH3 is 1. The zero-order chi connectivity index (χ0) is 20.9. The SMILES string of the molecule is CCC[C@@H](O)c1c(/C=C/[C@H]2OC(C)(C)O[C@H]2CCCC(=O)OC)nc(C)n1C. The summed E-state index contributed by atoms with van der Waals surface area (Å²) in [4.78, 5) is 15.9. The molecule has 2 heterocycles. The third-order valence-corrected chi connectivity index (χ3v) is 5.03. The van der Waals surface area contributed by atoms with E-state index in [0.29, 0.717) is 25.7 Å². The van der Waals surface area contributed by atoms with E-state index in [1.54, 1.807) is 0 Å². The number of ether oxygens (including phenoxy) is 3. The predicted octanol–water partition coefficient (Wildman–Crippen LogP) is 3.44. The highest BCUT2D eigenvalue weighted by atomic mass is 16.7. The Bertz CT molecular complexity index is 695. The van der Waals surface area contributed by atoms with E-state index in [-0.39, 0.29) is 18.2 Å². The molecule has 0 radical (unpaired) electrons. The Hall–Kier alpha value is -1.70. The second-order valence-corrected chi connectivity index (χ2v) is 7.76. The molecule has 1 saturated heterocycles. The zero-order valence-corrected chi connectivity index (χ0v) is 17.9. The first-order chi connectivity index (χ1) is 13.2. The topological polar surface area (TPSA) is 82.8 Å². The Morgan fingerprint density at radius 1 is 1.43 bits per heavy atom. The molecule has 3 atom stereocenters. The van der Waals surface area contributed by atoms with Crippen molar-refractivity contribution >= 4 is 12.0 Å². The number of esters is 1. The molecule has 0 bridgehead atoms. The second kappa shape index (κ2) is 9.67. The van der Waals surface area contributed by atoms with Crippen LogP contribution in [0.25, 0.3) is 6.08 Å². The van der Waals surface area contributed by atoms with Gasteiger partial charge in [-0.25, -0.2) is 4.98 Å². The number of nitrogens with zero attached hydrogens (tertiary/aromatic N) is 2. The lowest BCUT2D eigenvalue weighted by molar-refractivity contribution is -0.144. The fourth-order valence-electron chi connectivity index (χ4n) is 3.56. The monoisotopic (exact) mass is 394 g/mol. The van der Waals surface area contributed by atoms with Crippen LogP contribution in [-0.4, -0.2) is 45.7 Å². The lowest BCUT2D eigenvalue weighted by atomic mass is 10.0. The molecule has 7 heteroatoms. The van der Waals surface area contributed by atoms with E-state index < -0.39 is 11.9 Å². The quantitative estimate of drug-likeness (QED) is 0.646. The van der Waals surface area contributed by atoms with Crippen molar-refractivity contribution in [1.82, 2.24) is 9.55 Å². The van der Waals surface area contributed by atoms with Crippen LogP contribution in [0.5, 0.6) is 0 Å². The smallest absolute Gasteiger partial charge is 0.305 e. The molecule has 1 N–H and O–H groups in total. The molecule has 158 valence electrons. The van der Waals surface area contributed by atoms with E-state index in [1.165, 1.54) is 7.11 Å². The van der Waals surface area contributed by atoms with E-state index in [1.807, 2.05) is 51.5 Å². The van der Waals surface area contributed by atoms with E-state index in [2.05, 4.69) is 4.98 Å². The first-order valence-corrected chi connectivity index (χ1v) is 10.0. The Morgan fingerprint density at radius 2 is 2.14 bits per heavy atom. The van der Waals surface area contributed by atoms with Crippen LogP contribution in [0.2, 0.25) is 0 Å². The number of aliphatic hydroxyl groups is 1. The van der Waals surface area contributed by atoms with Gasteiger partial charge in [0.1, 0.15) is 11.9 Å². The highest BCUT2D eigenvalue weighted by Gasteiger charge is 2.39. The molecule has 0 unspecified atom stereocenters. The summed E-state index contributed by atoms with van der Waals surface area (Å²) in [6.45, 7) is 7.74. The molecule has 0 aliphatic carbocycles. The molecule has 0 amide bonds. The number of aromatic nitrogens is 2. The van der Waals surface area contributed by atoms with Gasteiger partial charge in [-0.1, -0.05) is 19.4 Å². The fourth-order valence-corrected chi connectivity index (χ4v) is 3.56. The minimum Gasteiger partial charge on any atom is -0.469 e. The summed E-state index contributed by atoms with van der Waals surface area (Å²) in [5, 5.41) is 10.5. The van der Waals surface area contributed by atoms with E-state index >= 15 is 0 Å². The van der Waals surface area contributed by atoms with Gasteiger partial charge >= 0.3 is 5.97 Å². The fraction of sp³-hybridized carbons (Fsp3) is 0.714. The standard InChI is InChI=1S/C21H34N2O5/c1-7-9-16(24)20-15(22-14(2)23(20)5)12-13-18-17(27-21(3,4)28-18)10-8-11-19(25)26-6/h12-13,16-18,24H,7-11H2,1-6H3/b13-12+/t16-,17+,18-/m1/s1. The number of imidazole rings is 1. The maximum absolute atomic E-state index is 11.4. The number of rotatable bonds is 9. The van der Waals surface area contributed by atoms with Crippen LogP contribution in [0.4, 0.5) is 0 Å². The van der Waals surface area contributed by atoms with Crippen LogP contribution in [0, 0.1) is 6.92 Å². The Morgan fingerprint density at radius 3 is 2.79 bits per heavy atom. The molecular weight excluding hydrogens is 360 g/mol. The largest absolute Gasteiger partial charge is 0.469 e. The van der Waals surface area contributed by atoms with Gasteiger partial charge in [0.15, 0.2) is 5.79 Å². The van der Waals surface area contributed by atoms with Gasteiger partial charge in [0.2, 0.25) is 0 Å². The van der Waals surface area contributed by atoms with Gasteiger partial charge in [-0.3, -0.25) is 4.79 Å². The summed E-state index contributed by atoms with van der Waals surface area (Å²) in [7, 11) is 3.31. The van der Waals surface area contributed by atoms with Gasteiger partial charge in [0.25, 0.3) is 0 Å². The molecule has 1 aromatic heterocycles. The highest BCUT2D eigenvalue weighted by Crippen LogP contribution is 2.32. The van der Waals surface area contributed by atoms with Gasteiger partial charge in [0, 0.05) is 13.5 Å². The third-order valence-electron chi connectivity index (χ3n) is 5.03. The second-order valence-electron chi connectivity index (χ2n) is 7.76. The van der Waals surface area contributed by atoms with Gasteiger partial charge in [-0.2, -0.15) is 0 Å². The molecule has 7 nitrogen and oxygen atoms in total. The van der Waals surface area contributed by atoms with Crippen molar-refractivity contribution in [2.75, 3.05) is 7.11 Å². The van der Waals surface area contributed by atoms with Crippen LogP contribution >= 0.6 is 0 Å². The Kier molecular flexibility index (Phi) is 7.80. The number of hydrogen-bond donors (Lipinski definition) is 1. The number of aryl methyl sites for hydroxylation is 1. The first-order valence-electron chi connectivity index (χ1n) is 10.0. The Balaban J connectivity index is 2.14. The molecule has 28 heavy (non-hydrogen) atoms. The number of carbonyl (C=O) groups excluding carboxylic acids is 1. The lowest BCUT2D eigenvalue weighted by Gasteiger charge is -2.16. The third kappa shape index (κ3) is 5.65. The van der Waals surface area contributed by atoms with Crippen LogP contribution in [0.3, 0.4) is 0 Å². The lowest BCUT2D eigenvalue weighted by Crippen LogP contribution is -2.21. The van der Waals surface area contributed by atoms with E-state index in [0.717, 1.165) is 23.6 Å². The average Bonchev–Trinajstić information content (AvgIpc) is 3.08. The van der Waals surface area contributed by atoms with Crippen LogP contribution in [-0.2, 0) is 26.1 Å². The van der Waals surface area contributed by atoms with Gasteiger partial charge in [-0.05, 0) is 46.1 Å². The van der Waals surface area contributed by atoms with Gasteiger partial charge in [0.05, 0.1) is 30.7 Å². The van der Waals surface area contributed by atoms with Crippen molar-refractivity contribution in [3.8, 4) is 0 Å². The Labute approximate surface area is 167 Å². The van der Waals surface area contributed by atoms with Crippen molar-refractivity contribution in [3.63, 3.8) is 0 Å². The van der Waals surface area contributed by atoms with Gasteiger partial charge in [-0.15, -0.1) is 0 Å². The van der Waals surface area contributed by atoms with Crippen LogP contribution in [0.1, 0.15) is 76.2 Å². The molecule has 1 fully saturated rings. The summed E-state index contributed by atoms with van der Waals surface area (Å²) >= 11 is 0. The molecular formula is C21H34N2O5. The minimum absolute atomic E-state index is 0.148. The maximum atomic E-state index is 11.4. The minimum atomic E-state index is -0.685. The molecule has 0 saturated carbocycles. The van der Waals surface area contributed by atoms with E-state index in [9.17, 15) is 9.90 Å². The number of carbonyl (C=O) groups is 1. The van der Waals surface area contributed by atoms with Gasteiger partial charge < -0.3 is 23.9 Å². The van der Waals surface area contributed by atoms with Crippen LogP contribution < -0.4 is 0 Å². The average molecular weight is 395 g/mol. The zero-order valence-electron chi connectivity index (χ0n) is 17.9. The highest BCUT2D eigenvalue weighted by molar-refractivity contribution is 5.69. The van der Waals surface area contributed by atoms with Crippen molar-refractivity contribution in [1.29, 1.82) is 0 Å². The molecule has 0 aromatic carbocycles. The number of aliphatic hydroxyl groups excluding tert-OH is 1. The number of hydrogen-bond acceptors (Lipinski definition) is 6. The maximum Gasteiger partial charge on any atom is 0.305 e. The van der Waals surface area contributed by atoms with E-state index in [4.69, 9.17) is 14.2 Å².